The van der Waals surface area contributed by atoms with E-state index >= 15 is 0 Å². The topological polar surface area (TPSA) is 82.5 Å². The van der Waals surface area contributed by atoms with Crippen LogP contribution in [0.25, 0.3) is 0 Å². The number of rotatable bonds is 6. The van der Waals surface area contributed by atoms with Crippen molar-refractivity contribution in [2.45, 2.75) is 45.5 Å². The number of hydrogen-bond donors (Lipinski definition) is 1. The van der Waals surface area contributed by atoms with Gasteiger partial charge in [0.1, 0.15) is 5.60 Å². The molecule has 1 amide bonds. The molecule has 0 saturated heterocycles. The van der Waals surface area contributed by atoms with Crippen molar-refractivity contribution in [2.24, 2.45) is 0 Å². The number of amides is 1. The lowest BCUT2D eigenvalue weighted by Gasteiger charge is -2.19. The molecule has 0 radical (unpaired) electrons. The third kappa shape index (κ3) is 7.98. The number of imidazole rings is 1. The summed E-state index contributed by atoms with van der Waals surface area (Å²) in [5.41, 5.74) is -1.71. The Balaban J connectivity index is 2.26. The number of carbonyl (C=O) groups is 1. The fourth-order valence-corrected chi connectivity index (χ4v) is 1.91. The number of halogens is 3. The Hall–Kier alpha value is -1.62. The maximum absolute atomic E-state index is 12.3. The quantitative estimate of drug-likeness (QED) is 0.791. The summed E-state index contributed by atoms with van der Waals surface area (Å²) in [5, 5.41) is 0. The normalized spacial score (nSPS) is 13.7. The maximum Gasteiger partial charge on any atom is 0.434 e. The zero-order valence-corrected chi connectivity index (χ0v) is 13.7. The Labute approximate surface area is 134 Å². The fraction of sp³-hybridized carbons (Fsp3) is 0.667. The number of nitrogens with zero attached hydrogens (tertiary/aromatic N) is 2. The third-order valence-electron chi connectivity index (χ3n) is 2.24. The van der Waals surface area contributed by atoms with Crippen LogP contribution in [0.1, 0.15) is 32.9 Å². The highest BCUT2D eigenvalue weighted by Crippen LogP contribution is 2.27. The second-order valence-electron chi connectivity index (χ2n) is 5.51. The second kappa shape index (κ2) is 7.77. The summed E-state index contributed by atoms with van der Waals surface area (Å²) in [6.07, 6.45) is -3.16. The van der Waals surface area contributed by atoms with Crippen LogP contribution in [0.2, 0.25) is 0 Å². The first-order valence-electron chi connectivity index (χ1n) is 6.61. The van der Waals surface area contributed by atoms with Crippen molar-refractivity contribution in [1.29, 1.82) is 0 Å². The highest BCUT2D eigenvalue weighted by Gasteiger charge is 2.33. The molecule has 0 aliphatic carbocycles. The molecule has 132 valence electrons. The minimum absolute atomic E-state index is 0.0259. The fourth-order valence-electron chi connectivity index (χ4n) is 1.41. The summed E-state index contributed by atoms with van der Waals surface area (Å²) in [4.78, 5) is 14.5. The van der Waals surface area contributed by atoms with Crippen molar-refractivity contribution in [1.82, 2.24) is 14.3 Å². The van der Waals surface area contributed by atoms with Crippen LogP contribution in [0.4, 0.5) is 18.0 Å². The van der Waals surface area contributed by atoms with Gasteiger partial charge in [0, 0.05) is 12.7 Å². The van der Waals surface area contributed by atoms with E-state index in [-0.39, 0.29) is 19.6 Å². The van der Waals surface area contributed by atoms with Crippen LogP contribution in [0.15, 0.2) is 12.5 Å². The number of ether oxygens (including phenoxy) is 1. The van der Waals surface area contributed by atoms with Crippen LogP contribution in [0.5, 0.6) is 0 Å². The summed E-state index contributed by atoms with van der Waals surface area (Å²) in [5.74, 6) is 0. The van der Waals surface area contributed by atoms with E-state index in [0.717, 1.165) is 12.5 Å². The Morgan fingerprint density at radius 3 is 2.57 bits per heavy atom. The molecular formula is C12H18F3N3O4S. The molecule has 0 saturated carbocycles. The number of carbonyl (C=O) groups excluding carboxylic acids is 1. The molecule has 0 bridgehead atoms. The average Bonchev–Trinajstić information content (AvgIpc) is 2.80. The number of aromatic nitrogens is 2. The Kier molecular flexibility index (Phi) is 6.57. The number of alkyl halides is 3. The van der Waals surface area contributed by atoms with Gasteiger partial charge in [-0.3, -0.25) is 4.18 Å². The maximum atomic E-state index is 12.3. The molecule has 0 aromatic carbocycles. The summed E-state index contributed by atoms with van der Waals surface area (Å²) in [7, 11) is 0. The van der Waals surface area contributed by atoms with Crippen LogP contribution >= 0.6 is 0 Å². The summed E-state index contributed by atoms with van der Waals surface area (Å²) in [6.45, 7) is 5.12. The SMILES string of the molecule is CC(C)(C)OC(=O)NS(=O)OCCCn1cnc(C(F)(F)F)c1. The largest absolute Gasteiger partial charge is 0.443 e. The highest BCUT2D eigenvalue weighted by molar-refractivity contribution is 7.78. The minimum atomic E-state index is -4.49. The molecule has 0 fully saturated rings. The monoisotopic (exact) mass is 357 g/mol. The van der Waals surface area contributed by atoms with Gasteiger partial charge in [0.2, 0.25) is 0 Å². The lowest BCUT2D eigenvalue weighted by atomic mass is 10.2. The molecule has 1 aromatic rings. The van der Waals surface area contributed by atoms with E-state index in [1.165, 1.54) is 4.57 Å². The molecule has 7 nitrogen and oxygen atoms in total. The first kappa shape index (κ1) is 19.4. The molecule has 1 N–H and O–H groups in total. The molecule has 1 heterocycles. The van der Waals surface area contributed by atoms with Gasteiger partial charge in [-0.2, -0.15) is 13.2 Å². The number of nitrogens with one attached hydrogen (secondary N) is 1. The van der Waals surface area contributed by atoms with Crippen molar-refractivity contribution in [3.63, 3.8) is 0 Å². The molecular weight excluding hydrogens is 339 g/mol. The predicted octanol–water partition coefficient (Wildman–Crippen LogP) is 2.41. The molecule has 0 spiro atoms. The van der Waals surface area contributed by atoms with E-state index in [0.29, 0.717) is 0 Å². The second-order valence-corrected chi connectivity index (χ2v) is 6.42. The van der Waals surface area contributed by atoms with Gasteiger partial charge in [-0.1, -0.05) is 0 Å². The van der Waals surface area contributed by atoms with E-state index in [1.807, 2.05) is 4.72 Å². The average molecular weight is 357 g/mol. The van der Waals surface area contributed by atoms with Crippen molar-refractivity contribution >= 4 is 17.4 Å². The van der Waals surface area contributed by atoms with E-state index in [2.05, 4.69) is 4.98 Å². The van der Waals surface area contributed by atoms with Crippen LogP contribution in [-0.4, -0.2) is 32.1 Å². The molecule has 0 aliphatic heterocycles. The predicted molar refractivity (Wildman–Crippen MR) is 75.3 cm³/mol. The summed E-state index contributed by atoms with van der Waals surface area (Å²) < 4.78 is 61.4. The zero-order valence-electron chi connectivity index (χ0n) is 12.8. The van der Waals surface area contributed by atoms with Crippen molar-refractivity contribution in [2.75, 3.05) is 6.61 Å². The molecule has 1 unspecified atom stereocenters. The zero-order chi connectivity index (χ0) is 17.7. The first-order chi connectivity index (χ1) is 10.5. The Morgan fingerprint density at radius 1 is 1.39 bits per heavy atom. The Morgan fingerprint density at radius 2 is 2.04 bits per heavy atom. The van der Waals surface area contributed by atoms with Crippen LogP contribution in [-0.2, 0) is 32.9 Å². The van der Waals surface area contributed by atoms with Gasteiger partial charge in [-0.05, 0) is 27.2 Å². The molecule has 1 atom stereocenters. The first-order valence-corrected chi connectivity index (χ1v) is 7.68. The lowest BCUT2D eigenvalue weighted by Crippen LogP contribution is -2.34. The molecule has 23 heavy (non-hydrogen) atoms. The number of aryl methyl sites for hydroxylation is 1. The van der Waals surface area contributed by atoms with Gasteiger partial charge in [0.25, 0.3) is 11.3 Å². The van der Waals surface area contributed by atoms with E-state index in [1.54, 1.807) is 20.8 Å². The van der Waals surface area contributed by atoms with Gasteiger partial charge < -0.3 is 9.30 Å². The van der Waals surface area contributed by atoms with E-state index < -0.39 is 34.8 Å². The molecule has 0 aliphatic rings. The van der Waals surface area contributed by atoms with E-state index in [9.17, 15) is 22.2 Å². The lowest BCUT2D eigenvalue weighted by molar-refractivity contribution is -0.141. The molecule has 11 heteroatoms. The molecule has 1 rings (SSSR count). The molecule has 1 aromatic heterocycles. The van der Waals surface area contributed by atoms with Crippen LogP contribution in [0.3, 0.4) is 0 Å². The van der Waals surface area contributed by atoms with Gasteiger partial charge in [0.05, 0.1) is 12.9 Å². The van der Waals surface area contributed by atoms with Gasteiger partial charge in [-0.25, -0.2) is 18.7 Å². The number of hydrogen-bond acceptors (Lipinski definition) is 5. The van der Waals surface area contributed by atoms with E-state index in [4.69, 9.17) is 8.92 Å². The standard InChI is InChI=1S/C12H18F3N3O4S/c1-11(2,3)22-10(19)17-23(20)21-6-4-5-18-7-9(16-8-18)12(13,14)15/h7-8H,4-6H2,1-3H3,(H,17,19). The van der Waals surface area contributed by atoms with Gasteiger partial charge in [0.15, 0.2) is 5.69 Å². The van der Waals surface area contributed by atoms with Crippen molar-refractivity contribution in [3.8, 4) is 0 Å². The third-order valence-corrected chi connectivity index (χ3v) is 2.95. The van der Waals surface area contributed by atoms with Gasteiger partial charge >= 0.3 is 12.3 Å². The van der Waals surface area contributed by atoms with Crippen LogP contribution < -0.4 is 4.72 Å². The van der Waals surface area contributed by atoms with Crippen molar-refractivity contribution < 1.29 is 31.1 Å². The highest BCUT2D eigenvalue weighted by atomic mass is 32.2. The summed E-state index contributed by atoms with van der Waals surface area (Å²) in [6, 6.07) is 0. The van der Waals surface area contributed by atoms with Crippen molar-refractivity contribution in [3.05, 3.63) is 18.2 Å². The Bertz CT molecular complexity index is 554. The summed E-state index contributed by atoms with van der Waals surface area (Å²) >= 11 is -2.08. The van der Waals surface area contributed by atoms with Gasteiger partial charge in [-0.15, -0.1) is 0 Å². The van der Waals surface area contributed by atoms with Crippen LogP contribution in [0, 0.1) is 0 Å². The smallest absolute Gasteiger partial charge is 0.434 e. The minimum Gasteiger partial charge on any atom is -0.443 e.